The number of aryl methyl sites for hydroxylation is 1. The first kappa shape index (κ1) is 21.3. The number of nitrogen functional groups attached to an aromatic ring is 1. The molecule has 2 aromatic rings. The Morgan fingerprint density at radius 2 is 1.94 bits per heavy atom. The van der Waals surface area contributed by atoms with Gasteiger partial charge in [0.05, 0.1) is 11.9 Å². The van der Waals surface area contributed by atoms with E-state index in [2.05, 4.69) is 58.7 Å². The summed E-state index contributed by atoms with van der Waals surface area (Å²) in [6.07, 6.45) is 3.36. The summed E-state index contributed by atoms with van der Waals surface area (Å²) in [6.45, 7) is 8.30. The summed E-state index contributed by atoms with van der Waals surface area (Å²) in [5.41, 5.74) is 4.63. The normalized spacial score (nSPS) is 11.6. The zero-order valence-electron chi connectivity index (χ0n) is 18.6. The molecule has 0 unspecified atom stereocenters. The quantitative estimate of drug-likeness (QED) is 0.353. The molecule has 166 valence electrons. The summed E-state index contributed by atoms with van der Waals surface area (Å²) in [7, 11) is 0. The van der Waals surface area contributed by atoms with Gasteiger partial charge in [0, 0.05) is 28.4 Å². The zero-order valence-corrected chi connectivity index (χ0v) is 18.6. The lowest BCUT2D eigenvalue weighted by molar-refractivity contribution is 0.262. The molecule has 10 heteroatoms. The van der Waals surface area contributed by atoms with E-state index in [9.17, 15) is 4.79 Å². The van der Waals surface area contributed by atoms with E-state index in [-0.39, 0.29) is 11.4 Å². The highest BCUT2D eigenvalue weighted by Crippen LogP contribution is 2.28. The van der Waals surface area contributed by atoms with Crippen LogP contribution < -0.4 is 16.5 Å². The summed E-state index contributed by atoms with van der Waals surface area (Å²) < 4.78 is 1.49. The number of carbonyl (C=O) groups excluding carboxylic acids is 1. The van der Waals surface area contributed by atoms with Gasteiger partial charge in [0.2, 0.25) is 0 Å². The minimum absolute atomic E-state index is 0.0817. The van der Waals surface area contributed by atoms with Gasteiger partial charge in [-0.25, -0.2) is 14.5 Å². The number of anilines is 2. The van der Waals surface area contributed by atoms with Gasteiger partial charge in [-0.3, -0.25) is 10.4 Å². The molecule has 5 N–H and O–H groups in total. The molecule has 0 saturated carbocycles. The fourth-order valence-corrected chi connectivity index (χ4v) is 3.35. The molecule has 0 atom stereocenters. The van der Waals surface area contributed by atoms with Gasteiger partial charge >= 0.3 is 6.03 Å². The van der Waals surface area contributed by atoms with Crippen molar-refractivity contribution in [2.24, 2.45) is 0 Å². The first-order valence-corrected chi connectivity index (χ1v) is 10.5. The standard InChI is InChI=1S/C22H27N9O/c1-5-6-15-19-16(12-24-30-19)31(23)20(26-15)13-7-9-14(10-8-13)25-21(32)27-18-11-17(28-29-18)22(2,3)4/h7-12H,5-6,23H2,1-4H3,(H3,25,27,28,29,32). The van der Waals surface area contributed by atoms with Crippen molar-refractivity contribution in [3.8, 4) is 22.8 Å². The highest BCUT2D eigenvalue weighted by molar-refractivity contribution is 5.99. The van der Waals surface area contributed by atoms with E-state index in [0.717, 1.165) is 41.2 Å². The Labute approximate surface area is 186 Å². The minimum Gasteiger partial charge on any atom is -0.337 e. The van der Waals surface area contributed by atoms with E-state index in [1.807, 2.05) is 18.2 Å². The highest BCUT2D eigenvalue weighted by atomic mass is 16.2. The number of H-pyrrole nitrogens is 1. The molecular formula is C22H27N9O. The maximum atomic E-state index is 12.4. The molecule has 32 heavy (non-hydrogen) atoms. The molecule has 10 nitrogen and oxygen atoms in total. The molecule has 1 aromatic carbocycles. The van der Waals surface area contributed by atoms with Gasteiger partial charge in [-0.15, -0.1) is 5.10 Å². The number of urea groups is 1. The van der Waals surface area contributed by atoms with Crippen LogP contribution in [-0.2, 0) is 11.8 Å². The van der Waals surface area contributed by atoms with E-state index >= 15 is 0 Å². The topological polar surface area (TPSA) is 139 Å². The second-order valence-electron chi connectivity index (χ2n) is 8.65. The van der Waals surface area contributed by atoms with Crippen LogP contribution >= 0.6 is 0 Å². The van der Waals surface area contributed by atoms with Crippen LogP contribution in [0.4, 0.5) is 16.3 Å². The number of benzene rings is 1. The number of fused-ring (bicyclic) bond motifs is 1. The third kappa shape index (κ3) is 4.25. The second-order valence-corrected chi connectivity index (χ2v) is 8.65. The second kappa shape index (κ2) is 8.29. The summed E-state index contributed by atoms with van der Waals surface area (Å²) in [4.78, 5) is 17.1. The molecule has 4 rings (SSSR count). The number of hydrogen-bond acceptors (Lipinski definition) is 6. The number of nitrogens with zero attached hydrogens (tertiary/aromatic N) is 5. The van der Waals surface area contributed by atoms with Gasteiger partial charge in [0.15, 0.2) is 11.6 Å². The van der Waals surface area contributed by atoms with E-state index in [1.165, 1.54) is 4.68 Å². The average Bonchev–Trinajstić information content (AvgIpc) is 3.41. The van der Waals surface area contributed by atoms with Gasteiger partial charge in [-0.2, -0.15) is 10.2 Å². The number of aromatic amines is 1. The molecule has 1 aromatic heterocycles. The van der Waals surface area contributed by atoms with Crippen molar-refractivity contribution in [3.63, 3.8) is 0 Å². The number of amides is 2. The van der Waals surface area contributed by atoms with E-state index in [4.69, 9.17) is 10.8 Å². The maximum absolute atomic E-state index is 12.4. The molecule has 3 heterocycles. The molecule has 0 fully saturated rings. The number of nitrogens with two attached hydrogens (primary N) is 1. The smallest absolute Gasteiger partial charge is 0.324 e. The third-order valence-electron chi connectivity index (χ3n) is 5.10. The Kier molecular flexibility index (Phi) is 5.52. The van der Waals surface area contributed by atoms with Crippen LogP contribution in [0.3, 0.4) is 0 Å². The lowest BCUT2D eigenvalue weighted by atomic mass is 9.92. The molecule has 0 spiro atoms. The van der Waals surface area contributed by atoms with Gasteiger partial charge < -0.3 is 11.2 Å². The number of carbonyl (C=O) groups is 1. The van der Waals surface area contributed by atoms with Crippen molar-refractivity contribution < 1.29 is 4.79 Å². The van der Waals surface area contributed by atoms with E-state index in [1.54, 1.807) is 18.3 Å². The van der Waals surface area contributed by atoms with Crippen LogP contribution in [0.25, 0.3) is 22.8 Å². The Morgan fingerprint density at radius 3 is 2.59 bits per heavy atom. The van der Waals surface area contributed by atoms with E-state index < -0.39 is 0 Å². The molecular weight excluding hydrogens is 406 g/mol. The molecule has 0 saturated heterocycles. The van der Waals surface area contributed by atoms with Gasteiger partial charge in [0.1, 0.15) is 11.4 Å². The summed E-state index contributed by atoms with van der Waals surface area (Å²) >= 11 is 0. The van der Waals surface area contributed by atoms with Gasteiger partial charge in [-0.05, 0) is 30.7 Å². The molecule has 2 aliphatic rings. The van der Waals surface area contributed by atoms with E-state index in [0.29, 0.717) is 17.3 Å². The Hall–Kier alpha value is -3.95. The van der Waals surface area contributed by atoms with Crippen molar-refractivity contribution in [1.29, 1.82) is 0 Å². The number of rotatable bonds is 5. The van der Waals surface area contributed by atoms with Crippen LogP contribution in [-0.4, -0.2) is 36.1 Å². The Balaban J connectivity index is 1.50. The fraction of sp³-hybridized carbons (Fsp3) is 0.318. The largest absolute Gasteiger partial charge is 0.337 e. The van der Waals surface area contributed by atoms with Crippen molar-refractivity contribution >= 4 is 17.5 Å². The summed E-state index contributed by atoms with van der Waals surface area (Å²) in [5, 5.41) is 20.8. The number of aromatic nitrogens is 6. The number of nitrogens with one attached hydrogen (secondary N) is 3. The lowest BCUT2D eigenvalue weighted by Crippen LogP contribution is -2.20. The minimum atomic E-state index is -0.377. The Morgan fingerprint density at radius 1 is 1.19 bits per heavy atom. The Bertz CT molecular complexity index is 1200. The van der Waals surface area contributed by atoms with Gasteiger partial charge in [0.25, 0.3) is 0 Å². The molecule has 2 amide bonds. The monoisotopic (exact) mass is 433 g/mol. The molecule has 0 aliphatic carbocycles. The van der Waals surface area contributed by atoms with Crippen molar-refractivity contribution in [2.45, 2.75) is 46.0 Å². The van der Waals surface area contributed by atoms with Crippen LogP contribution in [0.5, 0.6) is 0 Å². The van der Waals surface area contributed by atoms with Crippen LogP contribution in [0, 0.1) is 0 Å². The van der Waals surface area contributed by atoms with Crippen molar-refractivity contribution in [2.75, 3.05) is 16.5 Å². The van der Waals surface area contributed by atoms with Crippen molar-refractivity contribution in [1.82, 2.24) is 30.1 Å². The lowest BCUT2D eigenvalue weighted by Gasteiger charge is -2.15. The fourth-order valence-electron chi connectivity index (χ4n) is 3.35. The zero-order chi connectivity index (χ0) is 22.9. The third-order valence-corrected chi connectivity index (χ3v) is 5.10. The molecule has 0 bridgehead atoms. The summed E-state index contributed by atoms with van der Waals surface area (Å²) in [5.74, 6) is 7.36. The maximum Gasteiger partial charge on any atom is 0.324 e. The van der Waals surface area contributed by atoms with Crippen LogP contribution in [0.2, 0.25) is 0 Å². The first-order valence-electron chi connectivity index (χ1n) is 10.5. The predicted octanol–water partition coefficient (Wildman–Crippen LogP) is 3.78. The SMILES string of the molecule is CCCc1nc(-c2ccc(NC(=O)Nc3cc(C(C)(C)C)[nH]n3)cc2)n(N)c2cnnc1-2. The molecule has 0 radical (unpaired) electrons. The molecule has 2 aliphatic heterocycles. The van der Waals surface area contributed by atoms with Gasteiger partial charge in [-0.1, -0.05) is 34.1 Å². The predicted molar refractivity (Wildman–Crippen MR) is 124 cm³/mol. The van der Waals surface area contributed by atoms with Crippen molar-refractivity contribution in [3.05, 3.63) is 47.9 Å². The average molecular weight is 434 g/mol. The summed E-state index contributed by atoms with van der Waals surface area (Å²) in [6, 6.07) is 8.76. The van der Waals surface area contributed by atoms with Crippen LogP contribution in [0.15, 0.2) is 36.5 Å². The first-order chi connectivity index (χ1) is 15.3. The highest BCUT2D eigenvalue weighted by Gasteiger charge is 2.20. The number of hydrogen-bond donors (Lipinski definition) is 4. The van der Waals surface area contributed by atoms with Crippen LogP contribution in [0.1, 0.15) is 45.5 Å².